The van der Waals surface area contributed by atoms with E-state index in [-0.39, 0.29) is 0 Å². The number of anilines is 1. The van der Waals surface area contributed by atoms with Gasteiger partial charge in [-0.25, -0.2) is 0 Å². The molecule has 1 aromatic rings. The van der Waals surface area contributed by atoms with Crippen LogP contribution < -0.4 is 5.32 Å². The molecule has 1 fully saturated rings. The van der Waals surface area contributed by atoms with Gasteiger partial charge in [-0.1, -0.05) is 13.8 Å². The van der Waals surface area contributed by atoms with Gasteiger partial charge in [-0.15, -0.1) is 0 Å². The van der Waals surface area contributed by atoms with Crippen LogP contribution in [-0.2, 0) is 0 Å². The van der Waals surface area contributed by atoms with Gasteiger partial charge in [0.25, 0.3) is 0 Å². The molecular formula is C12H18N2. The van der Waals surface area contributed by atoms with Gasteiger partial charge in [-0.05, 0) is 37.3 Å². The first-order valence-electron chi connectivity index (χ1n) is 5.27. The summed E-state index contributed by atoms with van der Waals surface area (Å²) >= 11 is 0. The largest absolute Gasteiger partial charge is 0.381 e. The Morgan fingerprint density at radius 1 is 1.43 bits per heavy atom. The molecule has 1 aliphatic carbocycles. The highest BCUT2D eigenvalue weighted by atomic mass is 15.0. The fraction of sp³-hybridized carbons (Fsp3) is 0.583. The molecule has 1 aliphatic rings. The SMILES string of the molecule is Cc1ccc(NC2CCC2(C)C)cn1. The predicted octanol–water partition coefficient (Wildman–Crippen LogP) is 2.99. The normalized spacial score (nSPS) is 24.1. The summed E-state index contributed by atoms with van der Waals surface area (Å²) in [5, 5.41) is 3.53. The summed E-state index contributed by atoms with van der Waals surface area (Å²) in [7, 11) is 0. The van der Waals surface area contributed by atoms with E-state index in [2.05, 4.69) is 30.2 Å². The maximum Gasteiger partial charge on any atom is 0.0529 e. The Morgan fingerprint density at radius 3 is 2.64 bits per heavy atom. The molecule has 2 rings (SSSR count). The molecule has 1 N–H and O–H groups in total. The Morgan fingerprint density at radius 2 is 2.21 bits per heavy atom. The van der Waals surface area contributed by atoms with Crippen molar-refractivity contribution in [2.24, 2.45) is 5.41 Å². The van der Waals surface area contributed by atoms with E-state index in [9.17, 15) is 0 Å². The minimum atomic E-state index is 0.449. The summed E-state index contributed by atoms with van der Waals surface area (Å²) in [5.74, 6) is 0. The number of nitrogens with one attached hydrogen (secondary N) is 1. The lowest BCUT2D eigenvalue weighted by Gasteiger charge is -2.45. The highest BCUT2D eigenvalue weighted by molar-refractivity contribution is 5.43. The molecule has 1 saturated carbocycles. The van der Waals surface area contributed by atoms with Crippen LogP contribution in [0.4, 0.5) is 5.69 Å². The van der Waals surface area contributed by atoms with E-state index in [1.54, 1.807) is 0 Å². The molecule has 0 amide bonds. The number of pyridine rings is 1. The number of nitrogens with zero attached hydrogens (tertiary/aromatic N) is 1. The van der Waals surface area contributed by atoms with E-state index in [1.165, 1.54) is 12.8 Å². The zero-order chi connectivity index (χ0) is 10.2. The Hall–Kier alpha value is -1.05. The molecule has 76 valence electrons. The number of rotatable bonds is 2. The molecule has 0 aromatic carbocycles. The van der Waals surface area contributed by atoms with Crippen molar-refractivity contribution in [3.63, 3.8) is 0 Å². The lowest BCUT2D eigenvalue weighted by atomic mass is 9.67. The molecule has 1 unspecified atom stereocenters. The molecule has 1 heterocycles. The average molecular weight is 190 g/mol. The molecule has 0 aliphatic heterocycles. The van der Waals surface area contributed by atoms with Crippen molar-refractivity contribution >= 4 is 5.69 Å². The first-order chi connectivity index (χ1) is 6.58. The Balaban J connectivity index is 2.01. The lowest BCUT2D eigenvalue weighted by Crippen LogP contribution is -2.45. The molecule has 2 nitrogen and oxygen atoms in total. The Labute approximate surface area is 85.7 Å². The third kappa shape index (κ3) is 1.74. The van der Waals surface area contributed by atoms with Crippen molar-refractivity contribution in [1.82, 2.24) is 4.98 Å². The molecule has 14 heavy (non-hydrogen) atoms. The fourth-order valence-electron chi connectivity index (χ4n) is 1.89. The minimum Gasteiger partial charge on any atom is -0.381 e. The van der Waals surface area contributed by atoms with Gasteiger partial charge in [-0.3, -0.25) is 4.98 Å². The highest BCUT2D eigenvalue weighted by Gasteiger charge is 2.38. The van der Waals surface area contributed by atoms with E-state index in [0.717, 1.165) is 11.4 Å². The fourth-order valence-corrected chi connectivity index (χ4v) is 1.89. The van der Waals surface area contributed by atoms with Crippen molar-refractivity contribution < 1.29 is 0 Å². The van der Waals surface area contributed by atoms with E-state index in [1.807, 2.05) is 19.2 Å². The second kappa shape index (κ2) is 3.26. The molecule has 1 atom stereocenters. The van der Waals surface area contributed by atoms with Crippen LogP contribution in [0, 0.1) is 12.3 Å². The third-order valence-electron chi connectivity index (χ3n) is 3.27. The molecule has 0 spiro atoms. The van der Waals surface area contributed by atoms with Crippen LogP contribution in [0.1, 0.15) is 32.4 Å². The standard InChI is InChI=1S/C12H18N2/c1-9-4-5-10(8-13-9)14-11-6-7-12(11,2)3/h4-5,8,11,14H,6-7H2,1-3H3. The van der Waals surface area contributed by atoms with E-state index in [0.29, 0.717) is 11.5 Å². The minimum absolute atomic E-state index is 0.449. The quantitative estimate of drug-likeness (QED) is 0.775. The third-order valence-corrected chi connectivity index (χ3v) is 3.27. The zero-order valence-electron chi connectivity index (χ0n) is 9.17. The summed E-state index contributed by atoms with van der Waals surface area (Å²) in [5.41, 5.74) is 2.67. The Bertz CT molecular complexity index is 314. The number of aryl methyl sites for hydroxylation is 1. The van der Waals surface area contributed by atoms with Gasteiger partial charge in [0.05, 0.1) is 11.9 Å². The first-order valence-corrected chi connectivity index (χ1v) is 5.27. The zero-order valence-corrected chi connectivity index (χ0v) is 9.17. The van der Waals surface area contributed by atoms with Crippen LogP contribution in [0.25, 0.3) is 0 Å². The monoisotopic (exact) mass is 190 g/mol. The Kier molecular flexibility index (Phi) is 2.22. The maximum absolute atomic E-state index is 4.28. The van der Waals surface area contributed by atoms with Crippen LogP contribution in [-0.4, -0.2) is 11.0 Å². The molecule has 0 radical (unpaired) electrons. The number of hydrogen-bond donors (Lipinski definition) is 1. The van der Waals surface area contributed by atoms with Crippen LogP contribution in [0.15, 0.2) is 18.3 Å². The lowest BCUT2D eigenvalue weighted by molar-refractivity contribution is 0.160. The number of aromatic nitrogens is 1. The number of hydrogen-bond acceptors (Lipinski definition) is 2. The second-order valence-electron chi connectivity index (χ2n) is 4.91. The summed E-state index contributed by atoms with van der Waals surface area (Å²) in [4.78, 5) is 4.28. The average Bonchev–Trinajstić information content (AvgIpc) is 2.15. The van der Waals surface area contributed by atoms with Crippen molar-refractivity contribution in [3.05, 3.63) is 24.0 Å². The van der Waals surface area contributed by atoms with Crippen LogP contribution in [0.5, 0.6) is 0 Å². The molecule has 0 saturated heterocycles. The van der Waals surface area contributed by atoms with E-state index in [4.69, 9.17) is 0 Å². The smallest absolute Gasteiger partial charge is 0.0529 e. The summed E-state index contributed by atoms with van der Waals surface area (Å²) < 4.78 is 0. The van der Waals surface area contributed by atoms with Gasteiger partial charge in [0.1, 0.15) is 0 Å². The summed E-state index contributed by atoms with van der Waals surface area (Å²) in [6, 6.07) is 4.78. The first kappa shape index (κ1) is 9.50. The highest BCUT2D eigenvalue weighted by Crippen LogP contribution is 2.41. The molecular weight excluding hydrogens is 172 g/mol. The van der Waals surface area contributed by atoms with Crippen molar-refractivity contribution in [3.8, 4) is 0 Å². The van der Waals surface area contributed by atoms with Crippen molar-refractivity contribution in [2.75, 3.05) is 5.32 Å². The van der Waals surface area contributed by atoms with Crippen molar-refractivity contribution in [2.45, 2.75) is 39.7 Å². The topological polar surface area (TPSA) is 24.9 Å². The molecule has 1 aromatic heterocycles. The maximum atomic E-state index is 4.28. The summed E-state index contributed by atoms with van der Waals surface area (Å²) in [6.45, 7) is 6.64. The van der Waals surface area contributed by atoms with E-state index < -0.39 is 0 Å². The van der Waals surface area contributed by atoms with Crippen LogP contribution in [0.2, 0.25) is 0 Å². The van der Waals surface area contributed by atoms with Gasteiger partial charge in [0, 0.05) is 11.7 Å². The van der Waals surface area contributed by atoms with Crippen molar-refractivity contribution in [1.29, 1.82) is 0 Å². The van der Waals surface area contributed by atoms with Gasteiger partial charge in [0.2, 0.25) is 0 Å². The van der Waals surface area contributed by atoms with Crippen LogP contribution in [0.3, 0.4) is 0 Å². The van der Waals surface area contributed by atoms with Crippen LogP contribution >= 0.6 is 0 Å². The van der Waals surface area contributed by atoms with Gasteiger partial charge in [0.15, 0.2) is 0 Å². The second-order valence-corrected chi connectivity index (χ2v) is 4.91. The van der Waals surface area contributed by atoms with Gasteiger partial charge in [-0.2, -0.15) is 0 Å². The van der Waals surface area contributed by atoms with Gasteiger partial charge < -0.3 is 5.32 Å². The predicted molar refractivity (Wildman–Crippen MR) is 59.4 cm³/mol. The molecule has 0 bridgehead atoms. The van der Waals surface area contributed by atoms with Gasteiger partial charge >= 0.3 is 0 Å². The van der Waals surface area contributed by atoms with E-state index >= 15 is 0 Å². The summed E-state index contributed by atoms with van der Waals surface area (Å²) in [6.07, 6.45) is 4.52. The molecule has 2 heteroatoms.